The van der Waals surface area contributed by atoms with Gasteiger partial charge in [-0.2, -0.15) is 0 Å². The van der Waals surface area contributed by atoms with E-state index < -0.39 is 6.10 Å². The van der Waals surface area contributed by atoms with Crippen LogP contribution in [-0.2, 0) is 6.42 Å². The monoisotopic (exact) mass is 314 g/mol. The Morgan fingerprint density at radius 3 is 2.86 bits per heavy atom. The number of ether oxygens (including phenoxy) is 1. The summed E-state index contributed by atoms with van der Waals surface area (Å²) in [6, 6.07) is 5.25. The van der Waals surface area contributed by atoms with Gasteiger partial charge >= 0.3 is 6.03 Å². The van der Waals surface area contributed by atoms with E-state index in [1.54, 1.807) is 20.0 Å². The Morgan fingerprint density at radius 2 is 2.24 bits per heavy atom. The van der Waals surface area contributed by atoms with E-state index in [2.05, 4.69) is 5.32 Å². The van der Waals surface area contributed by atoms with Crippen molar-refractivity contribution in [1.82, 2.24) is 10.2 Å². The Bertz CT molecular complexity index is 466. The van der Waals surface area contributed by atoms with Crippen LogP contribution in [0.25, 0.3) is 0 Å². The number of halogens is 1. The molecule has 1 aromatic rings. The van der Waals surface area contributed by atoms with Gasteiger partial charge in [0.25, 0.3) is 0 Å². The van der Waals surface area contributed by atoms with Crippen LogP contribution < -0.4 is 10.1 Å². The average molecular weight is 315 g/mol. The van der Waals surface area contributed by atoms with Gasteiger partial charge in [0, 0.05) is 25.2 Å². The molecule has 0 aromatic heterocycles. The maximum absolute atomic E-state index is 11.8. The van der Waals surface area contributed by atoms with Gasteiger partial charge in [0.15, 0.2) is 0 Å². The number of likely N-dealkylation sites (N-methyl/N-ethyl adjacent to an activating group) is 1. The summed E-state index contributed by atoms with van der Waals surface area (Å²) in [5.74, 6) is 0.786. The van der Waals surface area contributed by atoms with Crippen molar-refractivity contribution in [3.63, 3.8) is 0 Å². The third-order valence-electron chi connectivity index (χ3n) is 2.88. The maximum atomic E-state index is 11.8. The van der Waals surface area contributed by atoms with Crippen LogP contribution in [-0.4, -0.2) is 48.9 Å². The summed E-state index contributed by atoms with van der Waals surface area (Å²) in [5.41, 5.74) is 0.961. The number of nitrogens with zero attached hydrogens (tertiary/aromatic N) is 1. The molecule has 1 rings (SSSR count). The van der Waals surface area contributed by atoms with Crippen LogP contribution in [0.2, 0.25) is 5.02 Å². The number of carbonyl (C=O) groups excluding carboxylic acids is 1. The molecular formula is C15H23ClN2O3. The van der Waals surface area contributed by atoms with E-state index in [1.165, 1.54) is 4.90 Å². The van der Waals surface area contributed by atoms with E-state index in [-0.39, 0.29) is 6.03 Å². The summed E-state index contributed by atoms with van der Waals surface area (Å²) in [7, 11) is 1.65. The van der Waals surface area contributed by atoms with Crippen molar-refractivity contribution in [1.29, 1.82) is 0 Å². The van der Waals surface area contributed by atoms with Crippen LogP contribution in [0.3, 0.4) is 0 Å². The number of rotatable bonds is 7. The molecule has 0 aliphatic heterocycles. The van der Waals surface area contributed by atoms with Crippen LogP contribution in [0.5, 0.6) is 5.75 Å². The summed E-state index contributed by atoms with van der Waals surface area (Å²) in [4.78, 5) is 13.2. The Morgan fingerprint density at radius 1 is 1.52 bits per heavy atom. The third kappa shape index (κ3) is 6.23. The number of hydrogen-bond donors (Lipinski definition) is 2. The first-order chi connectivity index (χ1) is 9.93. The van der Waals surface area contributed by atoms with Gasteiger partial charge in [0.1, 0.15) is 5.75 Å². The lowest BCUT2D eigenvalue weighted by Crippen LogP contribution is -2.41. The van der Waals surface area contributed by atoms with Gasteiger partial charge in [-0.15, -0.1) is 0 Å². The van der Waals surface area contributed by atoms with Crippen LogP contribution in [0.1, 0.15) is 19.4 Å². The number of hydrogen-bond acceptors (Lipinski definition) is 3. The molecule has 2 amide bonds. The molecule has 0 fully saturated rings. The smallest absolute Gasteiger partial charge is 0.317 e. The van der Waals surface area contributed by atoms with Crippen LogP contribution >= 0.6 is 11.6 Å². The number of amides is 2. The Hall–Kier alpha value is -1.46. The highest BCUT2D eigenvalue weighted by Gasteiger charge is 2.11. The minimum Gasteiger partial charge on any atom is -0.494 e. The maximum Gasteiger partial charge on any atom is 0.317 e. The lowest BCUT2D eigenvalue weighted by atomic mass is 10.1. The molecule has 6 heteroatoms. The summed E-state index contributed by atoms with van der Waals surface area (Å²) < 4.78 is 5.53. The second-order valence-electron chi connectivity index (χ2n) is 4.90. The molecule has 0 saturated heterocycles. The molecule has 1 atom stereocenters. The molecule has 0 aliphatic rings. The predicted octanol–water partition coefficient (Wildman–Crippen LogP) is 2.30. The molecular weight excluding hydrogens is 292 g/mol. The van der Waals surface area contributed by atoms with Gasteiger partial charge in [-0.1, -0.05) is 11.6 Å². The first kappa shape index (κ1) is 17.6. The van der Waals surface area contributed by atoms with Crippen molar-refractivity contribution in [3.05, 3.63) is 28.8 Å². The molecule has 2 N–H and O–H groups in total. The Labute approximate surface area is 130 Å². The molecule has 5 nitrogen and oxygen atoms in total. The molecule has 0 spiro atoms. The van der Waals surface area contributed by atoms with Crippen molar-refractivity contribution in [2.45, 2.75) is 26.4 Å². The minimum absolute atomic E-state index is 0.212. The van der Waals surface area contributed by atoms with Gasteiger partial charge in [-0.25, -0.2) is 4.79 Å². The summed E-state index contributed by atoms with van der Waals surface area (Å²) in [5, 5.41) is 12.7. The zero-order chi connectivity index (χ0) is 15.8. The molecule has 0 heterocycles. The number of aliphatic hydroxyl groups is 1. The van der Waals surface area contributed by atoms with Gasteiger partial charge in [-0.05, 0) is 44.0 Å². The van der Waals surface area contributed by atoms with Gasteiger partial charge in [0.05, 0.1) is 12.7 Å². The number of nitrogens with one attached hydrogen (secondary N) is 1. The second-order valence-corrected chi connectivity index (χ2v) is 5.33. The minimum atomic E-state index is -0.543. The van der Waals surface area contributed by atoms with Crippen molar-refractivity contribution < 1.29 is 14.6 Å². The highest BCUT2D eigenvalue weighted by Crippen LogP contribution is 2.23. The van der Waals surface area contributed by atoms with E-state index in [4.69, 9.17) is 16.3 Å². The molecule has 0 saturated carbocycles. The normalized spacial score (nSPS) is 11.9. The number of aliphatic hydroxyl groups excluding tert-OH is 1. The van der Waals surface area contributed by atoms with Crippen LogP contribution in [0.15, 0.2) is 18.2 Å². The quantitative estimate of drug-likeness (QED) is 0.812. The summed E-state index contributed by atoms with van der Waals surface area (Å²) in [6.45, 7) is 4.92. The number of urea groups is 1. The summed E-state index contributed by atoms with van der Waals surface area (Å²) >= 11 is 5.99. The number of carbonyl (C=O) groups is 1. The fraction of sp³-hybridized carbons (Fsp3) is 0.533. The van der Waals surface area contributed by atoms with Crippen molar-refractivity contribution in [2.75, 3.05) is 26.7 Å². The summed E-state index contributed by atoms with van der Waals surface area (Å²) in [6.07, 6.45) is 0.0858. The lowest BCUT2D eigenvalue weighted by molar-refractivity contribution is 0.144. The van der Waals surface area contributed by atoms with Crippen molar-refractivity contribution in [3.8, 4) is 5.75 Å². The molecule has 1 unspecified atom stereocenters. The largest absolute Gasteiger partial charge is 0.494 e. The zero-order valence-corrected chi connectivity index (χ0v) is 13.5. The molecule has 118 valence electrons. The van der Waals surface area contributed by atoms with E-state index >= 15 is 0 Å². The van der Waals surface area contributed by atoms with Crippen molar-refractivity contribution >= 4 is 17.6 Å². The highest BCUT2D eigenvalue weighted by atomic mass is 35.5. The van der Waals surface area contributed by atoms with E-state index in [9.17, 15) is 9.90 Å². The molecule has 0 bridgehead atoms. The molecule has 0 radical (unpaired) electrons. The Kier molecular flexibility index (Phi) is 7.32. The first-order valence-electron chi connectivity index (χ1n) is 7.02. The molecule has 1 aromatic carbocycles. The Balaban J connectivity index is 2.52. The van der Waals surface area contributed by atoms with E-state index in [0.717, 1.165) is 11.3 Å². The fourth-order valence-electron chi connectivity index (χ4n) is 1.96. The highest BCUT2D eigenvalue weighted by molar-refractivity contribution is 6.30. The van der Waals surface area contributed by atoms with E-state index in [0.29, 0.717) is 31.1 Å². The molecule has 21 heavy (non-hydrogen) atoms. The molecule has 0 aliphatic carbocycles. The topological polar surface area (TPSA) is 61.8 Å². The van der Waals surface area contributed by atoms with Crippen LogP contribution in [0, 0.1) is 0 Å². The van der Waals surface area contributed by atoms with E-state index in [1.807, 2.05) is 19.1 Å². The standard InChI is InChI=1S/C15H23ClN2O3/c1-4-21-14-6-5-13(16)9-12(14)7-8-17-15(20)18(3)10-11(2)19/h5-6,9,11,19H,4,7-8,10H2,1-3H3,(H,17,20). The lowest BCUT2D eigenvalue weighted by Gasteiger charge is -2.19. The number of benzene rings is 1. The van der Waals surface area contributed by atoms with Gasteiger partial charge in [-0.3, -0.25) is 0 Å². The van der Waals surface area contributed by atoms with Crippen LogP contribution in [0.4, 0.5) is 4.79 Å². The SMILES string of the molecule is CCOc1ccc(Cl)cc1CCNC(=O)N(C)CC(C)O. The van der Waals surface area contributed by atoms with Gasteiger partial charge in [0.2, 0.25) is 0 Å². The third-order valence-corrected chi connectivity index (χ3v) is 3.11. The average Bonchev–Trinajstić information content (AvgIpc) is 2.41. The van der Waals surface area contributed by atoms with Gasteiger partial charge < -0.3 is 20.1 Å². The second kappa shape index (κ2) is 8.74. The zero-order valence-electron chi connectivity index (χ0n) is 12.7. The fourth-order valence-corrected chi connectivity index (χ4v) is 2.15. The van der Waals surface area contributed by atoms with Crippen molar-refractivity contribution in [2.24, 2.45) is 0 Å². The predicted molar refractivity (Wildman–Crippen MR) is 84.0 cm³/mol. The first-order valence-corrected chi connectivity index (χ1v) is 7.40.